The Morgan fingerprint density at radius 1 is 1.26 bits per heavy atom. The van der Waals surface area contributed by atoms with Crippen molar-refractivity contribution in [1.82, 2.24) is 15.6 Å². The van der Waals surface area contributed by atoms with Crippen LogP contribution >= 0.6 is 35.6 Å². The number of halogens is 2. The SMILES string of the molecule is CCNC(=NCc1nc(C)c(C)o1)NCC(C)(C)Cc1cccc(Cl)c1.I. The van der Waals surface area contributed by atoms with Crippen LogP contribution < -0.4 is 10.6 Å². The summed E-state index contributed by atoms with van der Waals surface area (Å²) in [6.45, 7) is 12.4. The van der Waals surface area contributed by atoms with Crippen molar-refractivity contribution < 1.29 is 4.42 Å². The molecule has 0 atom stereocenters. The Bertz CT molecular complexity index is 739. The number of hydrogen-bond donors (Lipinski definition) is 2. The van der Waals surface area contributed by atoms with Crippen LogP contribution in [0.2, 0.25) is 5.02 Å². The molecule has 150 valence electrons. The summed E-state index contributed by atoms with van der Waals surface area (Å²) in [5.41, 5.74) is 2.20. The van der Waals surface area contributed by atoms with Crippen molar-refractivity contribution in [1.29, 1.82) is 0 Å². The van der Waals surface area contributed by atoms with Crippen molar-refractivity contribution in [2.24, 2.45) is 10.4 Å². The zero-order chi connectivity index (χ0) is 19.2. The number of aryl methyl sites for hydroxylation is 2. The van der Waals surface area contributed by atoms with Crippen molar-refractivity contribution in [2.45, 2.75) is 47.6 Å². The van der Waals surface area contributed by atoms with E-state index in [1.807, 2.05) is 39.0 Å². The molecule has 0 saturated carbocycles. The van der Waals surface area contributed by atoms with E-state index in [2.05, 4.69) is 40.5 Å². The molecule has 7 heteroatoms. The van der Waals surface area contributed by atoms with Crippen LogP contribution in [0.4, 0.5) is 0 Å². The second-order valence-corrected chi connectivity index (χ2v) is 7.71. The fraction of sp³-hybridized carbons (Fsp3) is 0.500. The maximum atomic E-state index is 6.10. The van der Waals surface area contributed by atoms with Gasteiger partial charge in [0.2, 0.25) is 5.89 Å². The first-order chi connectivity index (χ1) is 12.3. The van der Waals surface area contributed by atoms with Gasteiger partial charge in [-0.25, -0.2) is 9.98 Å². The third kappa shape index (κ3) is 8.09. The molecule has 0 aliphatic carbocycles. The molecule has 1 aromatic carbocycles. The number of aliphatic imine (C=N–C) groups is 1. The quantitative estimate of drug-likeness (QED) is 0.320. The van der Waals surface area contributed by atoms with Crippen LogP contribution in [0.25, 0.3) is 0 Å². The maximum absolute atomic E-state index is 6.10. The number of nitrogens with one attached hydrogen (secondary N) is 2. The second-order valence-electron chi connectivity index (χ2n) is 7.27. The number of rotatable bonds is 7. The smallest absolute Gasteiger partial charge is 0.216 e. The molecule has 0 aliphatic heterocycles. The van der Waals surface area contributed by atoms with E-state index >= 15 is 0 Å². The van der Waals surface area contributed by atoms with Gasteiger partial charge in [-0.2, -0.15) is 0 Å². The molecule has 5 nitrogen and oxygen atoms in total. The van der Waals surface area contributed by atoms with E-state index in [1.54, 1.807) is 0 Å². The molecule has 1 heterocycles. The number of hydrogen-bond acceptors (Lipinski definition) is 3. The highest BCUT2D eigenvalue weighted by molar-refractivity contribution is 14.0. The lowest BCUT2D eigenvalue weighted by molar-refractivity contribution is 0.359. The first-order valence-electron chi connectivity index (χ1n) is 8.98. The van der Waals surface area contributed by atoms with Gasteiger partial charge >= 0.3 is 0 Å². The number of benzene rings is 1. The number of nitrogens with zero attached hydrogens (tertiary/aromatic N) is 2. The van der Waals surface area contributed by atoms with Crippen molar-refractivity contribution >= 4 is 41.5 Å². The lowest BCUT2D eigenvalue weighted by Crippen LogP contribution is -2.42. The predicted octanol–water partition coefficient (Wildman–Crippen LogP) is 4.89. The Kier molecular flexibility index (Phi) is 9.59. The van der Waals surface area contributed by atoms with Crippen molar-refractivity contribution in [3.05, 3.63) is 52.2 Å². The molecule has 2 aromatic rings. The molecule has 0 aliphatic rings. The van der Waals surface area contributed by atoms with Crippen LogP contribution in [-0.4, -0.2) is 24.0 Å². The van der Waals surface area contributed by atoms with Crippen molar-refractivity contribution in [3.63, 3.8) is 0 Å². The first-order valence-corrected chi connectivity index (χ1v) is 9.36. The van der Waals surface area contributed by atoms with Crippen LogP contribution in [0.5, 0.6) is 0 Å². The van der Waals surface area contributed by atoms with Crippen molar-refractivity contribution in [2.75, 3.05) is 13.1 Å². The molecule has 1 aromatic heterocycles. The summed E-state index contributed by atoms with van der Waals surface area (Å²) in [5, 5.41) is 7.47. The van der Waals surface area contributed by atoms with Gasteiger partial charge in [-0.1, -0.05) is 37.6 Å². The normalized spacial score (nSPS) is 11.9. The number of guanidine groups is 1. The lowest BCUT2D eigenvalue weighted by atomic mass is 9.86. The summed E-state index contributed by atoms with van der Waals surface area (Å²) in [5.74, 6) is 2.24. The molecular formula is C20H30ClIN4O. The second kappa shape index (κ2) is 10.9. The largest absolute Gasteiger partial charge is 0.444 e. The summed E-state index contributed by atoms with van der Waals surface area (Å²) in [6, 6.07) is 8.03. The van der Waals surface area contributed by atoms with E-state index in [4.69, 9.17) is 16.0 Å². The zero-order valence-corrected chi connectivity index (χ0v) is 19.8. The van der Waals surface area contributed by atoms with E-state index in [9.17, 15) is 0 Å². The number of aromatic nitrogens is 1. The van der Waals surface area contributed by atoms with Gasteiger partial charge in [0.15, 0.2) is 5.96 Å². The molecule has 0 saturated heterocycles. The Morgan fingerprint density at radius 3 is 2.59 bits per heavy atom. The van der Waals surface area contributed by atoms with E-state index in [-0.39, 0.29) is 29.4 Å². The molecule has 0 bridgehead atoms. The van der Waals surface area contributed by atoms with Gasteiger partial charge in [0.25, 0.3) is 0 Å². The Balaban J connectivity index is 0.00000364. The standard InChI is InChI=1S/C20H29ClN4O.HI/c1-6-22-19(23-12-18-25-14(2)15(3)26-18)24-13-20(4,5)11-16-8-7-9-17(21)10-16;/h7-10H,6,11-13H2,1-5H3,(H2,22,23,24);1H. The minimum Gasteiger partial charge on any atom is -0.444 e. The monoisotopic (exact) mass is 504 g/mol. The van der Waals surface area contributed by atoms with Gasteiger partial charge in [-0.3, -0.25) is 0 Å². The van der Waals surface area contributed by atoms with Crippen LogP contribution in [0.3, 0.4) is 0 Å². The third-order valence-corrected chi connectivity index (χ3v) is 4.33. The van der Waals surface area contributed by atoms with Crippen molar-refractivity contribution in [3.8, 4) is 0 Å². The summed E-state index contributed by atoms with van der Waals surface area (Å²) < 4.78 is 5.59. The van der Waals surface area contributed by atoms with E-state index in [0.29, 0.717) is 12.4 Å². The van der Waals surface area contributed by atoms with Crippen LogP contribution in [0.1, 0.15) is 43.7 Å². The Labute approximate surface area is 184 Å². The summed E-state index contributed by atoms with van der Waals surface area (Å²) >= 11 is 6.10. The summed E-state index contributed by atoms with van der Waals surface area (Å²) in [7, 11) is 0. The lowest BCUT2D eigenvalue weighted by Gasteiger charge is -2.26. The molecule has 27 heavy (non-hydrogen) atoms. The topological polar surface area (TPSA) is 62.5 Å². The van der Waals surface area contributed by atoms with Gasteiger partial charge in [0.05, 0.1) is 5.69 Å². The highest BCUT2D eigenvalue weighted by Crippen LogP contribution is 2.22. The Morgan fingerprint density at radius 2 is 2.00 bits per heavy atom. The summed E-state index contributed by atoms with van der Waals surface area (Å²) in [4.78, 5) is 8.95. The fourth-order valence-electron chi connectivity index (χ4n) is 2.68. The van der Waals surface area contributed by atoms with Gasteiger partial charge in [0.1, 0.15) is 12.3 Å². The van der Waals surface area contributed by atoms with Gasteiger partial charge in [0, 0.05) is 18.1 Å². The molecule has 0 fully saturated rings. The minimum atomic E-state index is 0. The highest BCUT2D eigenvalue weighted by Gasteiger charge is 2.19. The van der Waals surface area contributed by atoms with Crippen LogP contribution in [-0.2, 0) is 13.0 Å². The minimum absolute atomic E-state index is 0. The third-order valence-electron chi connectivity index (χ3n) is 4.10. The maximum Gasteiger partial charge on any atom is 0.216 e. The molecule has 0 spiro atoms. The van der Waals surface area contributed by atoms with Crippen LogP contribution in [0.15, 0.2) is 33.7 Å². The summed E-state index contributed by atoms with van der Waals surface area (Å²) in [6.07, 6.45) is 0.929. The fourth-order valence-corrected chi connectivity index (χ4v) is 2.89. The number of oxazole rings is 1. The molecule has 2 rings (SSSR count). The molecule has 0 amide bonds. The van der Waals surface area contributed by atoms with Gasteiger partial charge < -0.3 is 15.1 Å². The molecule has 0 radical (unpaired) electrons. The molecular weight excluding hydrogens is 475 g/mol. The average Bonchev–Trinajstić information content (AvgIpc) is 2.88. The predicted molar refractivity (Wildman–Crippen MR) is 123 cm³/mol. The van der Waals surface area contributed by atoms with E-state index < -0.39 is 0 Å². The Hall–Kier alpha value is -1.28. The van der Waals surface area contributed by atoms with Gasteiger partial charge in [-0.05, 0) is 50.3 Å². The molecule has 2 N–H and O–H groups in total. The van der Waals surface area contributed by atoms with E-state index in [0.717, 1.165) is 41.9 Å². The highest BCUT2D eigenvalue weighted by atomic mass is 127. The first kappa shape index (κ1) is 23.8. The van der Waals surface area contributed by atoms with Crippen LogP contribution in [0, 0.1) is 19.3 Å². The molecule has 0 unspecified atom stereocenters. The zero-order valence-electron chi connectivity index (χ0n) is 16.7. The van der Waals surface area contributed by atoms with Gasteiger partial charge in [-0.15, -0.1) is 24.0 Å². The average molecular weight is 505 g/mol. The van der Waals surface area contributed by atoms with E-state index in [1.165, 1.54) is 5.56 Å².